The summed E-state index contributed by atoms with van der Waals surface area (Å²) in [6.07, 6.45) is 4.60. The summed E-state index contributed by atoms with van der Waals surface area (Å²) in [5.41, 5.74) is 0.482. The fourth-order valence-electron chi connectivity index (χ4n) is 1.56. The molecule has 2 heterocycles. The van der Waals surface area contributed by atoms with Gasteiger partial charge in [0.2, 0.25) is 5.88 Å². The lowest BCUT2D eigenvalue weighted by Gasteiger charge is -2.11. The van der Waals surface area contributed by atoms with Gasteiger partial charge in [0.15, 0.2) is 6.29 Å². The number of carbonyl (C=O) groups excluding carboxylic acids is 1. The van der Waals surface area contributed by atoms with Crippen LogP contribution in [0.1, 0.15) is 23.2 Å². The topological polar surface area (TPSA) is 48.4 Å². The lowest BCUT2D eigenvalue weighted by Crippen LogP contribution is -2.17. The molecule has 1 aromatic heterocycles. The number of nitrogens with zero attached hydrogens (tertiary/aromatic N) is 1. The molecule has 1 aromatic rings. The van der Waals surface area contributed by atoms with Crippen molar-refractivity contribution in [3.8, 4) is 5.88 Å². The zero-order valence-corrected chi connectivity index (χ0v) is 8.39. The van der Waals surface area contributed by atoms with Crippen LogP contribution in [0.2, 0.25) is 0 Å². The Morgan fingerprint density at radius 2 is 2.60 bits per heavy atom. The van der Waals surface area contributed by atoms with Crippen LogP contribution in [0.4, 0.5) is 0 Å². The van der Waals surface area contributed by atoms with Crippen LogP contribution in [0.25, 0.3) is 0 Å². The molecular formula is C11H13NO3. The monoisotopic (exact) mass is 207 g/mol. The van der Waals surface area contributed by atoms with Crippen molar-refractivity contribution < 1.29 is 14.3 Å². The molecule has 0 bridgehead atoms. The molecule has 1 atom stereocenters. The Hall–Kier alpha value is -1.42. The number of hydrogen-bond donors (Lipinski definition) is 0. The first-order chi connectivity index (χ1) is 7.40. The normalized spacial score (nSPS) is 20.1. The average molecular weight is 207 g/mol. The number of hydrogen-bond acceptors (Lipinski definition) is 4. The van der Waals surface area contributed by atoms with Crippen LogP contribution in [0.5, 0.6) is 5.88 Å². The molecule has 1 fully saturated rings. The number of ether oxygens (including phenoxy) is 2. The van der Waals surface area contributed by atoms with Gasteiger partial charge in [0.25, 0.3) is 0 Å². The Morgan fingerprint density at radius 3 is 3.33 bits per heavy atom. The SMILES string of the molecule is O=Cc1cccnc1OCC1CCCO1. The molecule has 15 heavy (non-hydrogen) atoms. The average Bonchev–Trinajstić information content (AvgIpc) is 2.79. The Morgan fingerprint density at radius 1 is 1.67 bits per heavy atom. The lowest BCUT2D eigenvalue weighted by atomic mass is 10.2. The molecule has 0 amide bonds. The highest BCUT2D eigenvalue weighted by Gasteiger charge is 2.16. The van der Waals surface area contributed by atoms with Crippen molar-refractivity contribution in [3.63, 3.8) is 0 Å². The second-order valence-electron chi connectivity index (χ2n) is 3.46. The molecule has 80 valence electrons. The minimum absolute atomic E-state index is 0.145. The third-order valence-electron chi connectivity index (χ3n) is 2.36. The van der Waals surface area contributed by atoms with Crippen molar-refractivity contribution in [1.29, 1.82) is 0 Å². The first kappa shape index (κ1) is 10.1. The highest BCUT2D eigenvalue weighted by atomic mass is 16.5. The van der Waals surface area contributed by atoms with Gasteiger partial charge in [-0.25, -0.2) is 4.98 Å². The Kier molecular flexibility index (Phi) is 3.29. The van der Waals surface area contributed by atoms with Crippen molar-refractivity contribution in [2.24, 2.45) is 0 Å². The van der Waals surface area contributed by atoms with E-state index in [9.17, 15) is 4.79 Å². The predicted octanol–water partition coefficient (Wildman–Crippen LogP) is 1.45. The van der Waals surface area contributed by atoms with Crippen molar-refractivity contribution in [3.05, 3.63) is 23.9 Å². The molecule has 0 N–H and O–H groups in total. The van der Waals surface area contributed by atoms with Crippen LogP contribution in [0.3, 0.4) is 0 Å². The molecule has 0 aromatic carbocycles. The molecule has 4 heteroatoms. The van der Waals surface area contributed by atoms with Crippen LogP contribution in [0, 0.1) is 0 Å². The van der Waals surface area contributed by atoms with Gasteiger partial charge in [-0.1, -0.05) is 0 Å². The fourth-order valence-corrected chi connectivity index (χ4v) is 1.56. The fraction of sp³-hybridized carbons (Fsp3) is 0.455. The lowest BCUT2D eigenvalue weighted by molar-refractivity contribution is 0.0658. The minimum atomic E-state index is 0.145. The van der Waals surface area contributed by atoms with Crippen LogP contribution < -0.4 is 4.74 Å². The van der Waals surface area contributed by atoms with E-state index in [0.717, 1.165) is 25.7 Å². The van der Waals surface area contributed by atoms with E-state index >= 15 is 0 Å². The minimum Gasteiger partial charge on any atom is -0.474 e. The first-order valence-electron chi connectivity index (χ1n) is 5.05. The van der Waals surface area contributed by atoms with Gasteiger partial charge in [-0.15, -0.1) is 0 Å². The van der Waals surface area contributed by atoms with Gasteiger partial charge in [0, 0.05) is 12.8 Å². The standard InChI is InChI=1S/C11H13NO3/c13-7-9-3-1-5-12-11(9)15-8-10-4-2-6-14-10/h1,3,5,7,10H,2,4,6,8H2. The molecule has 1 saturated heterocycles. The van der Waals surface area contributed by atoms with Gasteiger partial charge in [-0.3, -0.25) is 4.79 Å². The maximum atomic E-state index is 10.7. The zero-order valence-electron chi connectivity index (χ0n) is 8.39. The van der Waals surface area contributed by atoms with Crippen LogP contribution >= 0.6 is 0 Å². The van der Waals surface area contributed by atoms with Gasteiger partial charge >= 0.3 is 0 Å². The van der Waals surface area contributed by atoms with Crippen molar-refractivity contribution in [2.75, 3.05) is 13.2 Å². The Labute approximate surface area is 88.2 Å². The first-order valence-corrected chi connectivity index (χ1v) is 5.05. The van der Waals surface area contributed by atoms with Crippen LogP contribution in [0.15, 0.2) is 18.3 Å². The number of rotatable bonds is 4. The summed E-state index contributed by atoms with van der Waals surface area (Å²) in [6, 6.07) is 3.40. The third kappa shape index (κ3) is 2.53. The molecule has 2 rings (SSSR count). The predicted molar refractivity (Wildman–Crippen MR) is 54.1 cm³/mol. The second-order valence-corrected chi connectivity index (χ2v) is 3.46. The van der Waals surface area contributed by atoms with E-state index < -0.39 is 0 Å². The van der Waals surface area contributed by atoms with Crippen molar-refractivity contribution in [2.45, 2.75) is 18.9 Å². The molecular weight excluding hydrogens is 194 g/mol. The van der Waals surface area contributed by atoms with Gasteiger partial charge < -0.3 is 9.47 Å². The largest absolute Gasteiger partial charge is 0.474 e. The summed E-state index contributed by atoms with van der Waals surface area (Å²) >= 11 is 0. The van der Waals surface area contributed by atoms with E-state index in [4.69, 9.17) is 9.47 Å². The number of aromatic nitrogens is 1. The molecule has 4 nitrogen and oxygen atoms in total. The summed E-state index contributed by atoms with van der Waals surface area (Å²) < 4.78 is 10.9. The smallest absolute Gasteiger partial charge is 0.224 e. The summed E-state index contributed by atoms with van der Waals surface area (Å²) in [7, 11) is 0. The summed E-state index contributed by atoms with van der Waals surface area (Å²) in [5.74, 6) is 0.392. The van der Waals surface area contributed by atoms with Gasteiger partial charge in [-0.05, 0) is 25.0 Å². The maximum absolute atomic E-state index is 10.7. The number of pyridine rings is 1. The van der Waals surface area contributed by atoms with Crippen molar-refractivity contribution >= 4 is 6.29 Å². The molecule has 0 spiro atoms. The highest BCUT2D eigenvalue weighted by molar-refractivity contribution is 5.77. The number of carbonyl (C=O) groups is 1. The quantitative estimate of drug-likeness (QED) is 0.701. The maximum Gasteiger partial charge on any atom is 0.224 e. The summed E-state index contributed by atoms with van der Waals surface area (Å²) in [5, 5.41) is 0. The van der Waals surface area contributed by atoms with E-state index in [1.54, 1.807) is 18.3 Å². The van der Waals surface area contributed by atoms with Gasteiger partial charge in [-0.2, -0.15) is 0 Å². The Bertz CT molecular complexity index is 334. The third-order valence-corrected chi connectivity index (χ3v) is 2.36. The van der Waals surface area contributed by atoms with Gasteiger partial charge in [0.1, 0.15) is 6.61 Å². The Balaban J connectivity index is 1.94. The van der Waals surface area contributed by atoms with E-state index in [-0.39, 0.29) is 6.10 Å². The highest BCUT2D eigenvalue weighted by Crippen LogP contribution is 2.16. The van der Waals surface area contributed by atoms with Crippen molar-refractivity contribution in [1.82, 2.24) is 4.98 Å². The van der Waals surface area contributed by atoms with Crippen LogP contribution in [-0.4, -0.2) is 30.6 Å². The van der Waals surface area contributed by atoms with E-state index in [0.29, 0.717) is 18.1 Å². The van der Waals surface area contributed by atoms with E-state index in [1.807, 2.05) is 0 Å². The molecule has 0 radical (unpaired) electrons. The zero-order chi connectivity index (χ0) is 10.5. The molecule has 1 unspecified atom stereocenters. The number of aldehydes is 1. The molecule has 0 saturated carbocycles. The molecule has 1 aliphatic rings. The van der Waals surface area contributed by atoms with E-state index in [1.165, 1.54) is 0 Å². The molecule has 0 aliphatic carbocycles. The summed E-state index contributed by atoms with van der Waals surface area (Å²) in [6.45, 7) is 1.27. The van der Waals surface area contributed by atoms with Crippen LogP contribution in [-0.2, 0) is 4.74 Å². The second kappa shape index (κ2) is 4.89. The molecule has 1 aliphatic heterocycles. The van der Waals surface area contributed by atoms with Gasteiger partial charge in [0.05, 0.1) is 11.7 Å². The summed E-state index contributed by atoms with van der Waals surface area (Å²) in [4.78, 5) is 14.7. The van der Waals surface area contributed by atoms with E-state index in [2.05, 4.69) is 4.98 Å².